The largest absolute Gasteiger partial charge is 0.273 e. The molecular weight excluding hydrogens is 160 g/mol. The maximum absolute atomic E-state index is 5.58. The summed E-state index contributed by atoms with van der Waals surface area (Å²) >= 11 is 5.58. The van der Waals surface area contributed by atoms with Crippen molar-refractivity contribution in [2.75, 3.05) is 5.88 Å². The van der Waals surface area contributed by atoms with Crippen molar-refractivity contribution in [2.45, 2.75) is 19.8 Å². The second-order valence-corrected chi connectivity index (χ2v) is 3.05. The molecule has 0 aliphatic carbocycles. The molecule has 0 atom stereocenters. The summed E-state index contributed by atoms with van der Waals surface area (Å²) in [5, 5.41) is 4.14. The van der Waals surface area contributed by atoms with E-state index in [0.717, 1.165) is 18.7 Å². The molecule has 0 N–H and O–H groups in total. The molecule has 1 aromatic heterocycles. The molecule has 2 nitrogen and oxygen atoms in total. The Morgan fingerprint density at radius 2 is 2.36 bits per heavy atom. The lowest BCUT2D eigenvalue weighted by Crippen LogP contribution is -1.94. The van der Waals surface area contributed by atoms with Crippen molar-refractivity contribution in [3.63, 3.8) is 0 Å². The third-order valence-corrected chi connectivity index (χ3v) is 2.18. The first-order valence-electron chi connectivity index (χ1n) is 3.79. The third kappa shape index (κ3) is 1.96. The van der Waals surface area contributed by atoms with Crippen LogP contribution in [0.5, 0.6) is 0 Å². The van der Waals surface area contributed by atoms with Crippen LogP contribution in [-0.4, -0.2) is 15.7 Å². The average molecular weight is 173 g/mol. The number of aryl methyl sites for hydroxylation is 2. The summed E-state index contributed by atoms with van der Waals surface area (Å²) in [5.41, 5.74) is 2.56. The van der Waals surface area contributed by atoms with Crippen LogP contribution in [0.4, 0.5) is 0 Å². The Kier molecular flexibility index (Phi) is 2.94. The van der Waals surface area contributed by atoms with Crippen molar-refractivity contribution >= 4 is 11.6 Å². The smallest absolute Gasteiger partial charge is 0.0524 e. The number of hydrogen-bond donors (Lipinski definition) is 0. The molecule has 0 saturated carbocycles. The zero-order valence-electron chi connectivity index (χ0n) is 6.97. The number of hydrogen-bond acceptors (Lipinski definition) is 1. The molecule has 0 spiro atoms. The van der Waals surface area contributed by atoms with Gasteiger partial charge in [0.2, 0.25) is 0 Å². The fraction of sp³-hybridized carbons (Fsp3) is 0.625. The van der Waals surface area contributed by atoms with Crippen molar-refractivity contribution in [3.05, 3.63) is 17.5 Å². The molecule has 0 fully saturated rings. The van der Waals surface area contributed by atoms with Gasteiger partial charge in [-0.05, 0) is 25.3 Å². The molecule has 0 aliphatic rings. The highest BCUT2D eigenvalue weighted by atomic mass is 35.5. The Morgan fingerprint density at radius 3 is 2.82 bits per heavy atom. The standard InChI is InChI=1S/C8H13ClN2/c1-7-8(4-3-5-9)6-10-11(7)2/h6H,3-5H2,1-2H3. The van der Waals surface area contributed by atoms with Gasteiger partial charge in [0.15, 0.2) is 0 Å². The molecule has 0 amide bonds. The Morgan fingerprint density at radius 1 is 1.64 bits per heavy atom. The van der Waals surface area contributed by atoms with Gasteiger partial charge in [-0.1, -0.05) is 0 Å². The van der Waals surface area contributed by atoms with Gasteiger partial charge in [0.25, 0.3) is 0 Å². The first-order valence-corrected chi connectivity index (χ1v) is 4.32. The third-order valence-electron chi connectivity index (χ3n) is 1.92. The average Bonchev–Trinajstić information content (AvgIpc) is 2.31. The molecule has 0 bridgehead atoms. The van der Waals surface area contributed by atoms with Gasteiger partial charge in [-0.3, -0.25) is 4.68 Å². The molecule has 0 unspecified atom stereocenters. The summed E-state index contributed by atoms with van der Waals surface area (Å²) in [5.74, 6) is 0.730. The summed E-state index contributed by atoms with van der Waals surface area (Å²) in [6.45, 7) is 2.08. The zero-order valence-corrected chi connectivity index (χ0v) is 7.73. The van der Waals surface area contributed by atoms with Crippen LogP contribution in [0.3, 0.4) is 0 Å². The molecule has 1 heterocycles. The van der Waals surface area contributed by atoms with Crippen LogP contribution >= 0.6 is 11.6 Å². The summed E-state index contributed by atoms with van der Waals surface area (Å²) in [6, 6.07) is 0. The normalized spacial score (nSPS) is 10.5. The molecule has 0 saturated heterocycles. The zero-order chi connectivity index (χ0) is 8.27. The van der Waals surface area contributed by atoms with Crippen LogP contribution in [0.1, 0.15) is 17.7 Å². The van der Waals surface area contributed by atoms with Gasteiger partial charge in [0.05, 0.1) is 6.20 Å². The van der Waals surface area contributed by atoms with Crippen molar-refractivity contribution in [1.82, 2.24) is 9.78 Å². The Balaban J connectivity index is 2.63. The molecule has 0 aliphatic heterocycles. The van der Waals surface area contributed by atoms with Gasteiger partial charge < -0.3 is 0 Å². The minimum absolute atomic E-state index is 0.730. The topological polar surface area (TPSA) is 17.8 Å². The number of nitrogens with zero attached hydrogens (tertiary/aromatic N) is 2. The highest BCUT2D eigenvalue weighted by Crippen LogP contribution is 2.08. The lowest BCUT2D eigenvalue weighted by molar-refractivity contribution is 0.736. The van der Waals surface area contributed by atoms with E-state index in [1.54, 1.807) is 0 Å². The van der Waals surface area contributed by atoms with E-state index in [-0.39, 0.29) is 0 Å². The van der Waals surface area contributed by atoms with E-state index in [4.69, 9.17) is 11.6 Å². The fourth-order valence-corrected chi connectivity index (χ4v) is 1.18. The van der Waals surface area contributed by atoms with Crippen LogP contribution in [0.2, 0.25) is 0 Å². The number of aromatic nitrogens is 2. The molecule has 1 rings (SSSR count). The van der Waals surface area contributed by atoms with E-state index < -0.39 is 0 Å². The minimum Gasteiger partial charge on any atom is -0.273 e. The summed E-state index contributed by atoms with van der Waals surface area (Å²) in [4.78, 5) is 0. The molecular formula is C8H13ClN2. The summed E-state index contributed by atoms with van der Waals surface area (Å²) < 4.78 is 1.89. The van der Waals surface area contributed by atoms with Gasteiger partial charge in [-0.15, -0.1) is 11.6 Å². The summed E-state index contributed by atoms with van der Waals surface area (Å²) in [7, 11) is 1.96. The van der Waals surface area contributed by atoms with E-state index in [1.807, 2.05) is 17.9 Å². The predicted octanol–water partition coefficient (Wildman–Crippen LogP) is 1.90. The lowest BCUT2D eigenvalue weighted by atomic mass is 10.1. The SMILES string of the molecule is Cc1c(CCCCl)cnn1C. The molecule has 1 aromatic rings. The lowest BCUT2D eigenvalue weighted by Gasteiger charge is -1.97. The second kappa shape index (κ2) is 3.77. The molecule has 3 heteroatoms. The second-order valence-electron chi connectivity index (χ2n) is 2.67. The minimum atomic E-state index is 0.730. The van der Waals surface area contributed by atoms with E-state index >= 15 is 0 Å². The van der Waals surface area contributed by atoms with Crippen molar-refractivity contribution in [3.8, 4) is 0 Å². The van der Waals surface area contributed by atoms with Crippen LogP contribution in [0.25, 0.3) is 0 Å². The maximum atomic E-state index is 5.58. The van der Waals surface area contributed by atoms with E-state index in [0.29, 0.717) is 0 Å². The Labute approximate surface area is 72.2 Å². The molecule has 62 valence electrons. The Bertz CT molecular complexity index is 230. The van der Waals surface area contributed by atoms with Gasteiger partial charge in [0.1, 0.15) is 0 Å². The van der Waals surface area contributed by atoms with Crippen molar-refractivity contribution in [2.24, 2.45) is 7.05 Å². The van der Waals surface area contributed by atoms with Crippen LogP contribution < -0.4 is 0 Å². The van der Waals surface area contributed by atoms with E-state index in [2.05, 4.69) is 12.0 Å². The molecule has 11 heavy (non-hydrogen) atoms. The monoisotopic (exact) mass is 172 g/mol. The highest BCUT2D eigenvalue weighted by Gasteiger charge is 2.01. The number of rotatable bonds is 3. The van der Waals surface area contributed by atoms with Crippen LogP contribution in [-0.2, 0) is 13.5 Å². The first-order chi connectivity index (χ1) is 5.25. The van der Waals surface area contributed by atoms with Gasteiger partial charge in [-0.2, -0.15) is 5.10 Å². The molecule has 0 aromatic carbocycles. The quantitative estimate of drug-likeness (QED) is 0.637. The first kappa shape index (κ1) is 8.60. The maximum Gasteiger partial charge on any atom is 0.0524 e. The number of halogens is 1. The predicted molar refractivity (Wildman–Crippen MR) is 47.0 cm³/mol. The van der Waals surface area contributed by atoms with Gasteiger partial charge in [0, 0.05) is 18.6 Å². The van der Waals surface area contributed by atoms with Gasteiger partial charge >= 0.3 is 0 Å². The Hall–Kier alpha value is -0.500. The van der Waals surface area contributed by atoms with Crippen molar-refractivity contribution in [1.29, 1.82) is 0 Å². The van der Waals surface area contributed by atoms with Crippen molar-refractivity contribution < 1.29 is 0 Å². The fourth-order valence-electron chi connectivity index (χ4n) is 1.05. The van der Waals surface area contributed by atoms with Crippen LogP contribution in [0.15, 0.2) is 6.20 Å². The number of alkyl halides is 1. The van der Waals surface area contributed by atoms with E-state index in [1.165, 1.54) is 11.3 Å². The van der Waals surface area contributed by atoms with E-state index in [9.17, 15) is 0 Å². The van der Waals surface area contributed by atoms with Gasteiger partial charge in [-0.25, -0.2) is 0 Å². The molecule has 0 radical (unpaired) electrons. The highest BCUT2D eigenvalue weighted by molar-refractivity contribution is 6.17. The van der Waals surface area contributed by atoms with Crippen LogP contribution in [0, 0.1) is 6.92 Å². The summed E-state index contributed by atoms with van der Waals surface area (Å²) in [6.07, 6.45) is 4.00.